The predicted octanol–water partition coefficient (Wildman–Crippen LogP) is -0.103. The predicted molar refractivity (Wildman–Crippen MR) is 70.9 cm³/mol. The summed E-state index contributed by atoms with van der Waals surface area (Å²) in [7, 11) is -3.54. The van der Waals surface area contributed by atoms with Crippen molar-refractivity contribution in [2.75, 3.05) is 13.1 Å². The van der Waals surface area contributed by atoms with Crippen LogP contribution in [0.4, 0.5) is 0 Å². The second-order valence-corrected chi connectivity index (χ2v) is 6.43. The third kappa shape index (κ3) is 2.63. The molecule has 1 heterocycles. The van der Waals surface area contributed by atoms with Crippen LogP contribution in [0, 0.1) is 0 Å². The van der Waals surface area contributed by atoms with Gasteiger partial charge >= 0.3 is 0 Å². The van der Waals surface area contributed by atoms with E-state index in [4.69, 9.17) is 11.5 Å². The molecular formula is C12H17N3O3S. The first-order valence-electron chi connectivity index (χ1n) is 6.08. The molecule has 1 unspecified atom stereocenters. The number of carbonyl (C=O) groups is 1. The van der Waals surface area contributed by atoms with Crippen LogP contribution in [0.15, 0.2) is 29.2 Å². The molecule has 1 aromatic rings. The van der Waals surface area contributed by atoms with Gasteiger partial charge in [-0.05, 0) is 37.1 Å². The summed E-state index contributed by atoms with van der Waals surface area (Å²) >= 11 is 0. The lowest BCUT2D eigenvalue weighted by molar-refractivity contribution is 0.1000. The molecule has 1 aromatic carbocycles. The van der Waals surface area contributed by atoms with Crippen molar-refractivity contribution in [3.05, 3.63) is 29.8 Å². The number of primary amides is 1. The van der Waals surface area contributed by atoms with Crippen LogP contribution in [0.3, 0.4) is 0 Å². The van der Waals surface area contributed by atoms with Gasteiger partial charge in [0.25, 0.3) is 0 Å². The monoisotopic (exact) mass is 283 g/mol. The van der Waals surface area contributed by atoms with Gasteiger partial charge in [0.2, 0.25) is 15.9 Å². The third-order valence-corrected chi connectivity index (χ3v) is 5.31. The molecule has 19 heavy (non-hydrogen) atoms. The Labute approximate surface area is 112 Å². The Kier molecular flexibility index (Phi) is 3.88. The lowest BCUT2D eigenvalue weighted by Crippen LogP contribution is -2.39. The van der Waals surface area contributed by atoms with Gasteiger partial charge in [-0.1, -0.05) is 0 Å². The van der Waals surface area contributed by atoms with Gasteiger partial charge in [0.1, 0.15) is 0 Å². The highest BCUT2D eigenvalue weighted by atomic mass is 32.2. The van der Waals surface area contributed by atoms with Crippen LogP contribution in [-0.4, -0.2) is 37.8 Å². The molecule has 0 spiro atoms. The average molecular weight is 283 g/mol. The van der Waals surface area contributed by atoms with E-state index in [0.29, 0.717) is 13.1 Å². The van der Waals surface area contributed by atoms with Crippen molar-refractivity contribution in [3.63, 3.8) is 0 Å². The van der Waals surface area contributed by atoms with Gasteiger partial charge in [0.15, 0.2) is 0 Å². The van der Waals surface area contributed by atoms with Crippen LogP contribution in [-0.2, 0) is 10.0 Å². The Hall–Kier alpha value is -1.44. The summed E-state index contributed by atoms with van der Waals surface area (Å²) in [6.07, 6.45) is 1.61. The number of nitrogens with zero attached hydrogens (tertiary/aromatic N) is 1. The molecule has 4 N–H and O–H groups in total. The van der Waals surface area contributed by atoms with Gasteiger partial charge in [-0.3, -0.25) is 4.79 Å². The van der Waals surface area contributed by atoms with Crippen LogP contribution in [0.5, 0.6) is 0 Å². The molecule has 104 valence electrons. The highest BCUT2D eigenvalue weighted by Gasteiger charge is 2.34. The fourth-order valence-corrected chi connectivity index (χ4v) is 3.99. The Morgan fingerprint density at radius 1 is 1.32 bits per heavy atom. The third-order valence-electron chi connectivity index (χ3n) is 3.34. The number of hydrogen-bond donors (Lipinski definition) is 2. The van der Waals surface area contributed by atoms with Crippen LogP contribution < -0.4 is 11.5 Å². The van der Waals surface area contributed by atoms with E-state index in [-0.39, 0.29) is 16.5 Å². The number of rotatable bonds is 4. The molecule has 0 saturated carbocycles. The summed E-state index contributed by atoms with van der Waals surface area (Å²) in [5.74, 6) is -0.579. The molecule has 1 aliphatic heterocycles. The largest absolute Gasteiger partial charge is 0.366 e. The molecule has 1 aliphatic rings. The van der Waals surface area contributed by atoms with Crippen molar-refractivity contribution < 1.29 is 13.2 Å². The minimum Gasteiger partial charge on any atom is -0.366 e. The fraction of sp³-hybridized carbons (Fsp3) is 0.417. The number of sulfonamides is 1. The van der Waals surface area contributed by atoms with Crippen LogP contribution >= 0.6 is 0 Å². The van der Waals surface area contributed by atoms with Gasteiger partial charge in [-0.25, -0.2) is 8.42 Å². The highest BCUT2D eigenvalue weighted by molar-refractivity contribution is 7.89. The zero-order valence-electron chi connectivity index (χ0n) is 10.5. The molecule has 0 aromatic heterocycles. The number of benzene rings is 1. The van der Waals surface area contributed by atoms with Crippen molar-refractivity contribution in [3.8, 4) is 0 Å². The summed E-state index contributed by atoms with van der Waals surface area (Å²) < 4.78 is 26.3. The summed E-state index contributed by atoms with van der Waals surface area (Å²) in [6.45, 7) is 0.806. The average Bonchev–Trinajstić information content (AvgIpc) is 2.87. The lowest BCUT2D eigenvalue weighted by Gasteiger charge is -2.22. The molecule has 6 nitrogen and oxygen atoms in total. The molecule has 7 heteroatoms. The first kappa shape index (κ1) is 14.0. The normalized spacial score (nSPS) is 20.6. The summed E-state index contributed by atoms with van der Waals surface area (Å²) in [6, 6.07) is 5.51. The molecule has 0 bridgehead atoms. The first-order chi connectivity index (χ1) is 8.96. The van der Waals surface area contributed by atoms with E-state index in [2.05, 4.69) is 0 Å². The summed E-state index contributed by atoms with van der Waals surface area (Å²) in [5, 5.41) is 0. The molecule has 1 amide bonds. The van der Waals surface area contributed by atoms with E-state index in [9.17, 15) is 13.2 Å². The molecule has 1 atom stereocenters. The zero-order chi connectivity index (χ0) is 14.0. The molecule has 1 fully saturated rings. The smallest absolute Gasteiger partial charge is 0.248 e. The maximum absolute atomic E-state index is 12.4. The SMILES string of the molecule is NCC1CCCN1S(=O)(=O)c1ccc(C(N)=O)cc1. The Balaban J connectivity index is 2.31. The number of hydrogen-bond acceptors (Lipinski definition) is 4. The maximum atomic E-state index is 12.4. The standard InChI is InChI=1S/C12H17N3O3S/c13-8-10-2-1-7-15(10)19(17,18)11-5-3-9(4-6-11)12(14)16/h3-6,10H,1-2,7-8,13H2,(H2,14,16). The van der Waals surface area contributed by atoms with E-state index < -0.39 is 15.9 Å². The molecular weight excluding hydrogens is 266 g/mol. The highest BCUT2D eigenvalue weighted by Crippen LogP contribution is 2.25. The van der Waals surface area contributed by atoms with Gasteiger partial charge in [0.05, 0.1) is 4.90 Å². The minimum atomic E-state index is -3.54. The fourth-order valence-electron chi connectivity index (χ4n) is 2.29. The van der Waals surface area contributed by atoms with Crippen LogP contribution in [0.25, 0.3) is 0 Å². The Morgan fingerprint density at radius 3 is 2.47 bits per heavy atom. The van der Waals surface area contributed by atoms with E-state index in [1.54, 1.807) is 0 Å². The van der Waals surface area contributed by atoms with E-state index >= 15 is 0 Å². The molecule has 0 radical (unpaired) electrons. The van der Waals surface area contributed by atoms with Gasteiger partial charge in [0, 0.05) is 24.7 Å². The van der Waals surface area contributed by atoms with Crippen LogP contribution in [0.2, 0.25) is 0 Å². The minimum absolute atomic E-state index is 0.138. The second-order valence-electron chi connectivity index (χ2n) is 4.54. The van der Waals surface area contributed by atoms with Crippen molar-refractivity contribution in [1.82, 2.24) is 4.31 Å². The van der Waals surface area contributed by atoms with Crippen molar-refractivity contribution in [1.29, 1.82) is 0 Å². The van der Waals surface area contributed by atoms with Crippen LogP contribution in [0.1, 0.15) is 23.2 Å². The van der Waals surface area contributed by atoms with E-state index in [1.165, 1.54) is 28.6 Å². The van der Waals surface area contributed by atoms with Crippen molar-refractivity contribution in [2.45, 2.75) is 23.8 Å². The number of carbonyl (C=O) groups excluding carboxylic acids is 1. The summed E-state index contributed by atoms with van der Waals surface area (Å²) in [4.78, 5) is 11.1. The Morgan fingerprint density at radius 2 is 1.95 bits per heavy atom. The lowest BCUT2D eigenvalue weighted by atomic mass is 10.2. The van der Waals surface area contributed by atoms with Crippen molar-refractivity contribution >= 4 is 15.9 Å². The first-order valence-corrected chi connectivity index (χ1v) is 7.52. The molecule has 1 saturated heterocycles. The zero-order valence-corrected chi connectivity index (χ0v) is 11.3. The summed E-state index contributed by atoms with van der Waals surface area (Å²) in [5.41, 5.74) is 11.0. The number of amides is 1. The molecule has 0 aliphatic carbocycles. The second kappa shape index (κ2) is 5.28. The maximum Gasteiger partial charge on any atom is 0.248 e. The van der Waals surface area contributed by atoms with Gasteiger partial charge in [-0.2, -0.15) is 4.31 Å². The Bertz CT molecular complexity index is 568. The van der Waals surface area contributed by atoms with E-state index in [1.807, 2.05) is 0 Å². The van der Waals surface area contributed by atoms with Gasteiger partial charge < -0.3 is 11.5 Å². The van der Waals surface area contributed by atoms with Gasteiger partial charge in [-0.15, -0.1) is 0 Å². The quantitative estimate of drug-likeness (QED) is 0.804. The van der Waals surface area contributed by atoms with E-state index in [0.717, 1.165) is 12.8 Å². The molecule has 2 rings (SSSR count). The van der Waals surface area contributed by atoms with Crippen molar-refractivity contribution in [2.24, 2.45) is 11.5 Å². The topological polar surface area (TPSA) is 106 Å². The number of nitrogens with two attached hydrogens (primary N) is 2.